The van der Waals surface area contributed by atoms with Gasteiger partial charge in [0, 0.05) is 6.54 Å². The van der Waals surface area contributed by atoms with Gasteiger partial charge in [-0.1, -0.05) is 40.0 Å². The second-order valence-corrected chi connectivity index (χ2v) is 7.57. The smallest absolute Gasteiger partial charge is 0.340 e. The molecule has 0 aliphatic rings. The Kier molecular flexibility index (Phi) is 5.91. The number of rotatable bonds is 9. The van der Waals surface area contributed by atoms with Crippen LogP contribution in [-0.2, 0) is 10.0 Å². The van der Waals surface area contributed by atoms with Crippen molar-refractivity contribution < 1.29 is 18.3 Å². The highest BCUT2D eigenvalue weighted by Crippen LogP contribution is 2.23. The summed E-state index contributed by atoms with van der Waals surface area (Å²) >= 11 is 0. The predicted molar refractivity (Wildman–Crippen MR) is 78.7 cm³/mol. The van der Waals surface area contributed by atoms with E-state index in [2.05, 4.69) is 21.8 Å². The predicted octanol–water partition coefficient (Wildman–Crippen LogP) is 1.99. The first-order chi connectivity index (χ1) is 9.69. The Hall–Kier alpha value is -1.41. The van der Waals surface area contributed by atoms with Gasteiger partial charge in [-0.05, 0) is 11.8 Å². The van der Waals surface area contributed by atoms with Crippen molar-refractivity contribution in [3.05, 3.63) is 11.8 Å². The van der Waals surface area contributed by atoms with Crippen LogP contribution >= 0.6 is 0 Å². The molecule has 0 spiro atoms. The van der Waals surface area contributed by atoms with Crippen LogP contribution in [0.25, 0.3) is 0 Å². The first kappa shape index (κ1) is 17.6. The van der Waals surface area contributed by atoms with Crippen molar-refractivity contribution in [2.24, 2.45) is 5.41 Å². The maximum absolute atomic E-state index is 12.1. The molecule has 1 heterocycles. The molecule has 0 aliphatic carbocycles. The molecule has 0 bridgehead atoms. The molecule has 0 radical (unpaired) electrons. The van der Waals surface area contributed by atoms with Crippen molar-refractivity contribution in [3.63, 3.8) is 0 Å². The number of aromatic amines is 1. The molecule has 0 aliphatic heterocycles. The van der Waals surface area contributed by atoms with Crippen molar-refractivity contribution in [1.82, 2.24) is 14.9 Å². The molecule has 0 unspecified atom stereocenters. The minimum atomic E-state index is -3.91. The summed E-state index contributed by atoms with van der Waals surface area (Å²) in [6, 6.07) is 0. The zero-order valence-electron chi connectivity index (χ0n) is 12.6. The summed E-state index contributed by atoms with van der Waals surface area (Å²) < 4.78 is 26.8. The highest BCUT2D eigenvalue weighted by molar-refractivity contribution is 7.89. The van der Waals surface area contributed by atoms with E-state index in [4.69, 9.17) is 5.11 Å². The van der Waals surface area contributed by atoms with Crippen molar-refractivity contribution in [3.8, 4) is 0 Å². The molecule has 8 heteroatoms. The first-order valence-corrected chi connectivity index (χ1v) is 8.44. The normalized spacial score (nSPS) is 12.5. The molecule has 0 atom stereocenters. The summed E-state index contributed by atoms with van der Waals surface area (Å²) in [7, 11) is -3.91. The highest BCUT2D eigenvalue weighted by Gasteiger charge is 2.27. The van der Waals surface area contributed by atoms with Gasteiger partial charge in [0.15, 0.2) is 5.03 Å². The Bertz CT molecular complexity index is 578. The minimum Gasteiger partial charge on any atom is -0.478 e. The molecule has 0 amide bonds. The average molecular weight is 317 g/mol. The summed E-state index contributed by atoms with van der Waals surface area (Å²) in [5.74, 6) is -1.33. The monoisotopic (exact) mass is 317 g/mol. The number of nitrogens with zero attached hydrogens (tertiary/aromatic N) is 1. The van der Waals surface area contributed by atoms with Gasteiger partial charge in [0.2, 0.25) is 0 Å². The van der Waals surface area contributed by atoms with E-state index in [9.17, 15) is 13.2 Å². The topological polar surface area (TPSA) is 112 Å². The molecule has 0 saturated carbocycles. The Labute approximate surface area is 125 Å². The van der Waals surface area contributed by atoms with Crippen molar-refractivity contribution in [2.45, 2.75) is 51.5 Å². The Morgan fingerprint density at radius 1 is 1.43 bits per heavy atom. The fourth-order valence-corrected chi connectivity index (χ4v) is 3.26. The zero-order valence-corrected chi connectivity index (χ0v) is 13.5. The third kappa shape index (κ3) is 5.13. The number of hydrogen-bond acceptors (Lipinski definition) is 4. The largest absolute Gasteiger partial charge is 0.478 e. The van der Waals surface area contributed by atoms with E-state index in [-0.39, 0.29) is 17.5 Å². The summed E-state index contributed by atoms with van der Waals surface area (Å²) in [4.78, 5) is 11.0. The highest BCUT2D eigenvalue weighted by atomic mass is 32.2. The molecule has 1 aromatic heterocycles. The number of aromatic carboxylic acids is 1. The molecule has 1 aromatic rings. The molecule has 0 fully saturated rings. The molecule has 3 N–H and O–H groups in total. The van der Waals surface area contributed by atoms with E-state index in [0.29, 0.717) is 0 Å². The number of carbonyl (C=O) groups is 1. The van der Waals surface area contributed by atoms with Gasteiger partial charge in [0.1, 0.15) is 5.56 Å². The van der Waals surface area contributed by atoms with Crippen molar-refractivity contribution in [2.75, 3.05) is 6.54 Å². The number of H-pyrrole nitrogens is 1. The van der Waals surface area contributed by atoms with Crippen LogP contribution in [0, 0.1) is 5.41 Å². The second-order valence-electron chi connectivity index (χ2n) is 5.86. The SMILES string of the molecule is CCCCCC(C)(C)CNS(=O)(=O)c1[nH]ncc1C(=O)O. The number of unbranched alkanes of at least 4 members (excludes halogenated alkanes) is 2. The van der Waals surface area contributed by atoms with Crippen LogP contribution < -0.4 is 4.72 Å². The first-order valence-electron chi connectivity index (χ1n) is 6.96. The number of nitrogens with one attached hydrogen (secondary N) is 2. The molecule has 21 heavy (non-hydrogen) atoms. The maximum Gasteiger partial charge on any atom is 0.340 e. The van der Waals surface area contributed by atoms with Gasteiger partial charge >= 0.3 is 5.97 Å². The van der Waals surface area contributed by atoms with Crippen LogP contribution in [0.3, 0.4) is 0 Å². The Balaban J connectivity index is 2.73. The van der Waals surface area contributed by atoms with E-state index in [1.165, 1.54) is 0 Å². The number of aromatic nitrogens is 2. The van der Waals surface area contributed by atoms with E-state index < -0.39 is 21.0 Å². The maximum atomic E-state index is 12.1. The van der Waals surface area contributed by atoms with Gasteiger partial charge in [-0.25, -0.2) is 17.9 Å². The lowest BCUT2D eigenvalue weighted by Gasteiger charge is -2.24. The average Bonchev–Trinajstić information content (AvgIpc) is 2.87. The molecule has 0 saturated heterocycles. The lowest BCUT2D eigenvalue weighted by atomic mass is 9.87. The second kappa shape index (κ2) is 7.04. The lowest BCUT2D eigenvalue weighted by Crippen LogP contribution is -2.34. The van der Waals surface area contributed by atoms with Gasteiger partial charge in [-0.15, -0.1) is 0 Å². The molecular weight excluding hydrogens is 294 g/mol. The summed E-state index contributed by atoms with van der Waals surface area (Å²) in [5, 5.41) is 14.3. The number of carboxylic acids is 1. The Morgan fingerprint density at radius 2 is 2.10 bits per heavy atom. The number of hydrogen-bond donors (Lipinski definition) is 3. The van der Waals surface area contributed by atoms with Crippen molar-refractivity contribution >= 4 is 16.0 Å². The fourth-order valence-electron chi connectivity index (χ4n) is 1.94. The Morgan fingerprint density at radius 3 is 2.67 bits per heavy atom. The standard InChI is InChI=1S/C13H23N3O4S/c1-4-5-6-7-13(2,3)9-15-21(19,20)11-10(12(17)18)8-14-16-11/h8,15H,4-7,9H2,1-3H3,(H,14,16)(H,17,18). The third-order valence-electron chi connectivity index (χ3n) is 3.30. The molecule has 1 rings (SSSR count). The minimum absolute atomic E-state index is 0.189. The van der Waals surface area contributed by atoms with Crippen LogP contribution in [0.2, 0.25) is 0 Å². The van der Waals surface area contributed by atoms with Crippen LogP contribution in [-0.4, -0.2) is 36.2 Å². The van der Waals surface area contributed by atoms with Crippen LogP contribution in [0.4, 0.5) is 0 Å². The van der Waals surface area contributed by atoms with Gasteiger partial charge < -0.3 is 5.11 Å². The number of carboxylic acid groups (broad SMARTS) is 1. The van der Waals surface area contributed by atoms with Crippen LogP contribution in [0.5, 0.6) is 0 Å². The quantitative estimate of drug-likeness (QED) is 0.603. The summed E-state index contributed by atoms with van der Waals surface area (Å²) in [6.07, 6.45) is 5.15. The molecular formula is C13H23N3O4S. The molecule has 120 valence electrons. The van der Waals surface area contributed by atoms with Gasteiger partial charge in [0.25, 0.3) is 10.0 Å². The van der Waals surface area contributed by atoms with Gasteiger partial charge in [-0.2, -0.15) is 5.10 Å². The lowest BCUT2D eigenvalue weighted by molar-refractivity contribution is 0.0692. The summed E-state index contributed by atoms with van der Waals surface area (Å²) in [5.41, 5.74) is -0.544. The van der Waals surface area contributed by atoms with Crippen LogP contribution in [0.15, 0.2) is 11.2 Å². The molecule has 7 nitrogen and oxygen atoms in total. The van der Waals surface area contributed by atoms with Gasteiger partial charge in [-0.3, -0.25) is 5.10 Å². The third-order valence-corrected chi connectivity index (χ3v) is 4.67. The fraction of sp³-hybridized carbons (Fsp3) is 0.692. The number of sulfonamides is 1. The van der Waals surface area contributed by atoms with E-state index >= 15 is 0 Å². The van der Waals surface area contributed by atoms with Crippen LogP contribution in [0.1, 0.15) is 56.8 Å². The van der Waals surface area contributed by atoms with E-state index in [0.717, 1.165) is 31.9 Å². The van der Waals surface area contributed by atoms with Gasteiger partial charge in [0.05, 0.1) is 6.20 Å². The zero-order chi connectivity index (χ0) is 16.1. The van der Waals surface area contributed by atoms with E-state index in [1.54, 1.807) is 0 Å². The summed E-state index contributed by atoms with van der Waals surface area (Å²) in [6.45, 7) is 6.32. The van der Waals surface area contributed by atoms with Crippen molar-refractivity contribution in [1.29, 1.82) is 0 Å². The molecule has 0 aromatic carbocycles. The van der Waals surface area contributed by atoms with E-state index in [1.807, 2.05) is 13.8 Å².